The Bertz CT molecular complexity index is 733. The number of hydrogen-bond acceptors (Lipinski definition) is 6. The van der Waals surface area contributed by atoms with Crippen molar-refractivity contribution in [2.45, 2.75) is 20.8 Å². The van der Waals surface area contributed by atoms with Crippen LogP contribution in [-0.2, 0) is 4.79 Å². The Balaban J connectivity index is 3.40. The predicted octanol–water partition coefficient (Wildman–Crippen LogP) is 2.40. The van der Waals surface area contributed by atoms with Crippen molar-refractivity contribution in [1.29, 1.82) is 10.5 Å². The van der Waals surface area contributed by atoms with E-state index in [-0.39, 0.29) is 11.1 Å². The van der Waals surface area contributed by atoms with Crippen LogP contribution in [0.3, 0.4) is 0 Å². The number of nitriles is 2. The second-order valence-electron chi connectivity index (χ2n) is 5.64. The molecule has 0 heterocycles. The molecule has 0 spiro atoms. The first-order chi connectivity index (χ1) is 10.1. The summed E-state index contributed by atoms with van der Waals surface area (Å²) in [5, 5.41) is 28.9. The molecule has 0 aliphatic carbocycles. The maximum atomic E-state index is 12.4. The summed E-state index contributed by atoms with van der Waals surface area (Å²) in [5.41, 5.74) is -1.87. The number of nitro groups is 1. The van der Waals surface area contributed by atoms with Crippen molar-refractivity contribution in [2.24, 2.45) is 11.3 Å². The van der Waals surface area contributed by atoms with Crippen LogP contribution in [0.1, 0.15) is 36.7 Å². The van der Waals surface area contributed by atoms with Crippen LogP contribution in [0.2, 0.25) is 0 Å². The fraction of sp³-hybridized carbons (Fsp3) is 0.333. The van der Waals surface area contributed by atoms with E-state index in [2.05, 4.69) is 0 Å². The van der Waals surface area contributed by atoms with Gasteiger partial charge in [0.25, 0.3) is 5.69 Å². The Hall–Kier alpha value is -3.06. The Morgan fingerprint density at radius 1 is 1.27 bits per heavy atom. The van der Waals surface area contributed by atoms with Crippen molar-refractivity contribution in [3.05, 3.63) is 39.4 Å². The van der Waals surface area contributed by atoms with E-state index in [4.69, 9.17) is 10.5 Å². The Labute approximate surface area is 126 Å². The maximum absolute atomic E-state index is 12.4. The Morgan fingerprint density at radius 3 is 2.27 bits per heavy atom. The number of carbonyl (C=O) groups is 2. The molecule has 0 saturated heterocycles. The third kappa shape index (κ3) is 3.33. The molecule has 0 N–H and O–H groups in total. The van der Waals surface area contributed by atoms with Crippen molar-refractivity contribution >= 4 is 17.3 Å². The molecule has 0 saturated carbocycles. The molecule has 1 aromatic carbocycles. The van der Waals surface area contributed by atoms with E-state index in [1.807, 2.05) is 0 Å². The fourth-order valence-corrected chi connectivity index (χ4v) is 1.79. The zero-order chi connectivity index (χ0) is 17.1. The summed E-state index contributed by atoms with van der Waals surface area (Å²) in [5.74, 6) is -3.16. The molecule has 7 nitrogen and oxygen atoms in total. The number of hydrogen-bond donors (Lipinski definition) is 0. The third-order valence-electron chi connectivity index (χ3n) is 2.98. The summed E-state index contributed by atoms with van der Waals surface area (Å²) in [6, 6.07) is 6.62. The lowest BCUT2D eigenvalue weighted by molar-refractivity contribution is -0.385. The summed E-state index contributed by atoms with van der Waals surface area (Å²) in [6.07, 6.45) is 0. The standard InChI is InChI=1S/C15H13N3O4/c1-15(2,3)14(20)11(8-17)13(19)10-5-4-9(7-16)6-12(10)18(21)22/h4-6,11H,1-3H3. The van der Waals surface area contributed by atoms with Crippen LogP contribution < -0.4 is 0 Å². The van der Waals surface area contributed by atoms with Gasteiger partial charge in [0, 0.05) is 11.5 Å². The van der Waals surface area contributed by atoms with Crippen molar-refractivity contribution in [1.82, 2.24) is 0 Å². The molecule has 7 heteroatoms. The lowest BCUT2D eigenvalue weighted by Gasteiger charge is -2.19. The minimum Gasteiger partial charge on any atom is -0.297 e. The molecule has 112 valence electrons. The highest BCUT2D eigenvalue weighted by Gasteiger charge is 2.37. The summed E-state index contributed by atoms with van der Waals surface area (Å²) < 4.78 is 0. The number of benzene rings is 1. The fourth-order valence-electron chi connectivity index (χ4n) is 1.79. The molecule has 1 unspecified atom stereocenters. The van der Waals surface area contributed by atoms with E-state index in [0.717, 1.165) is 12.1 Å². The lowest BCUT2D eigenvalue weighted by Crippen LogP contribution is -2.33. The van der Waals surface area contributed by atoms with Gasteiger partial charge in [-0.1, -0.05) is 20.8 Å². The maximum Gasteiger partial charge on any atom is 0.281 e. The normalized spacial score (nSPS) is 11.9. The summed E-state index contributed by atoms with van der Waals surface area (Å²) >= 11 is 0. The molecule has 0 fully saturated rings. The topological polar surface area (TPSA) is 125 Å². The minimum atomic E-state index is -1.62. The number of nitro benzene ring substituents is 1. The SMILES string of the molecule is CC(C)(C)C(=O)C(C#N)C(=O)c1ccc(C#N)cc1[N+](=O)[O-]. The molecule has 0 aliphatic heterocycles. The smallest absolute Gasteiger partial charge is 0.281 e. The van der Waals surface area contributed by atoms with Gasteiger partial charge in [-0.3, -0.25) is 19.7 Å². The van der Waals surface area contributed by atoms with E-state index in [1.165, 1.54) is 6.07 Å². The van der Waals surface area contributed by atoms with Gasteiger partial charge in [0.05, 0.1) is 28.2 Å². The number of ketones is 2. The average molecular weight is 299 g/mol. The molecule has 1 rings (SSSR count). The minimum absolute atomic E-state index is 0.0129. The van der Waals surface area contributed by atoms with Gasteiger partial charge in [0.2, 0.25) is 0 Å². The van der Waals surface area contributed by atoms with Crippen LogP contribution >= 0.6 is 0 Å². The van der Waals surface area contributed by atoms with Crippen LogP contribution in [0.15, 0.2) is 18.2 Å². The van der Waals surface area contributed by atoms with E-state index in [9.17, 15) is 19.7 Å². The quantitative estimate of drug-likeness (QED) is 0.364. The summed E-state index contributed by atoms with van der Waals surface area (Å²) in [7, 11) is 0. The molecule has 0 bridgehead atoms. The highest BCUT2D eigenvalue weighted by Crippen LogP contribution is 2.27. The van der Waals surface area contributed by atoms with Crippen LogP contribution in [0.4, 0.5) is 5.69 Å². The Morgan fingerprint density at radius 2 is 1.86 bits per heavy atom. The molecular formula is C15H13N3O4. The lowest BCUT2D eigenvalue weighted by atomic mass is 9.80. The molecule has 0 amide bonds. The molecule has 1 aromatic rings. The predicted molar refractivity (Wildman–Crippen MR) is 75.7 cm³/mol. The molecular weight excluding hydrogens is 286 g/mol. The van der Waals surface area contributed by atoms with Gasteiger partial charge >= 0.3 is 0 Å². The Kier molecular flexibility index (Phi) is 4.75. The number of nitrogens with zero attached hydrogens (tertiary/aromatic N) is 3. The van der Waals surface area contributed by atoms with Gasteiger partial charge in [-0.2, -0.15) is 10.5 Å². The first-order valence-corrected chi connectivity index (χ1v) is 6.30. The van der Waals surface area contributed by atoms with Gasteiger partial charge < -0.3 is 0 Å². The van der Waals surface area contributed by atoms with Gasteiger partial charge in [0.1, 0.15) is 0 Å². The number of Topliss-reactive ketones (excluding diaryl/α,β-unsaturated/α-hetero) is 2. The van der Waals surface area contributed by atoms with E-state index in [0.29, 0.717) is 0 Å². The molecule has 0 aliphatic rings. The highest BCUT2D eigenvalue weighted by atomic mass is 16.6. The van der Waals surface area contributed by atoms with Gasteiger partial charge in [-0.25, -0.2) is 0 Å². The van der Waals surface area contributed by atoms with Gasteiger partial charge in [-0.05, 0) is 12.1 Å². The van der Waals surface area contributed by atoms with Crippen LogP contribution in [-0.4, -0.2) is 16.5 Å². The summed E-state index contributed by atoms with van der Waals surface area (Å²) in [4.78, 5) is 34.7. The zero-order valence-corrected chi connectivity index (χ0v) is 12.3. The van der Waals surface area contributed by atoms with Gasteiger partial charge in [-0.15, -0.1) is 0 Å². The molecule has 1 atom stereocenters. The largest absolute Gasteiger partial charge is 0.297 e. The first-order valence-electron chi connectivity index (χ1n) is 6.30. The van der Waals surface area contributed by atoms with Crippen molar-refractivity contribution in [3.8, 4) is 12.1 Å². The van der Waals surface area contributed by atoms with Crippen molar-refractivity contribution < 1.29 is 14.5 Å². The third-order valence-corrected chi connectivity index (χ3v) is 2.98. The monoisotopic (exact) mass is 299 g/mol. The number of rotatable bonds is 4. The van der Waals surface area contributed by atoms with Crippen molar-refractivity contribution in [2.75, 3.05) is 0 Å². The molecule has 0 radical (unpaired) electrons. The second-order valence-corrected chi connectivity index (χ2v) is 5.64. The first kappa shape index (κ1) is 17.0. The van der Waals surface area contributed by atoms with E-state index >= 15 is 0 Å². The molecule has 0 aromatic heterocycles. The summed E-state index contributed by atoms with van der Waals surface area (Å²) in [6.45, 7) is 4.67. The average Bonchev–Trinajstić information content (AvgIpc) is 2.45. The highest BCUT2D eigenvalue weighted by molar-refractivity contribution is 6.15. The van der Waals surface area contributed by atoms with E-state index < -0.39 is 33.5 Å². The van der Waals surface area contributed by atoms with Crippen LogP contribution in [0, 0.1) is 44.1 Å². The second kappa shape index (κ2) is 6.15. The van der Waals surface area contributed by atoms with Gasteiger partial charge in [0.15, 0.2) is 17.5 Å². The van der Waals surface area contributed by atoms with E-state index in [1.54, 1.807) is 32.9 Å². The zero-order valence-electron chi connectivity index (χ0n) is 12.3. The molecule has 22 heavy (non-hydrogen) atoms. The number of carbonyl (C=O) groups excluding carboxylic acids is 2. The van der Waals surface area contributed by atoms with Crippen LogP contribution in [0.5, 0.6) is 0 Å². The van der Waals surface area contributed by atoms with Crippen LogP contribution in [0.25, 0.3) is 0 Å². The van der Waals surface area contributed by atoms with Crippen molar-refractivity contribution in [3.63, 3.8) is 0 Å².